The third kappa shape index (κ3) is 4.99. The fraction of sp³-hybridized carbons (Fsp3) is 0.550. The largest absolute Gasteiger partial charge is 0.481 e. The van der Waals surface area contributed by atoms with Gasteiger partial charge in [-0.25, -0.2) is 4.79 Å². The van der Waals surface area contributed by atoms with Crippen molar-refractivity contribution in [2.75, 3.05) is 19.6 Å². The molecule has 2 aliphatic rings. The summed E-state index contributed by atoms with van der Waals surface area (Å²) in [4.78, 5) is 39.0. The molecule has 2 fully saturated rings. The van der Waals surface area contributed by atoms with Crippen molar-refractivity contribution >= 4 is 17.9 Å². The van der Waals surface area contributed by atoms with Gasteiger partial charge in [-0.2, -0.15) is 0 Å². The number of rotatable bonds is 5. The van der Waals surface area contributed by atoms with Crippen LogP contribution in [0.15, 0.2) is 24.3 Å². The van der Waals surface area contributed by atoms with Crippen molar-refractivity contribution in [3.05, 3.63) is 35.4 Å². The molecule has 3 amide bonds. The number of urea groups is 1. The smallest absolute Gasteiger partial charge is 0.317 e. The number of carbonyl (C=O) groups is 3. The molecule has 146 valence electrons. The van der Waals surface area contributed by atoms with Crippen LogP contribution in [0.3, 0.4) is 0 Å². The van der Waals surface area contributed by atoms with Crippen molar-refractivity contribution in [1.29, 1.82) is 0 Å². The van der Waals surface area contributed by atoms with Gasteiger partial charge in [0, 0.05) is 39.1 Å². The van der Waals surface area contributed by atoms with Crippen LogP contribution in [0.2, 0.25) is 0 Å². The summed E-state index contributed by atoms with van der Waals surface area (Å²) in [6.45, 7) is 4.58. The fourth-order valence-corrected chi connectivity index (χ4v) is 3.92. The summed E-state index contributed by atoms with van der Waals surface area (Å²) in [7, 11) is 0. The summed E-state index contributed by atoms with van der Waals surface area (Å²) in [6.07, 6.45) is 2.15. The van der Waals surface area contributed by atoms with E-state index in [2.05, 4.69) is 5.32 Å². The van der Waals surface area contributed by atoms with Gasteiger partial charge < -0.3 is 20.2 Å². The topological polar surface area (TPSA) is 89.9 Å². The molecule has 2 unspecified atom stereocenters. The molecule has 1 aromatic rings. The number of carbonyl (C=O) groups excluding carboxylic acids is 2. The SMILES string of the molecule is CC1CC(C(=O)O)CN(C(=O)NCc2cccc(CN3CCCC3=O)c2)C1. The Labute approximate surface area is 159 Å². The van der Waals surface area contributed by atoms with Gasteiger partial charge in [0.25, 0.3) is 0 Å². The van der Waals surface area contributed by atoms with Crippen LogP contribution < -0.4 is 5.32 Å². The summed E-state index contributed by atoms with van der Waals surface area (Å²) < 4.78 is 0. The second-order valence-corrected chi connectivity index (χ2v) is 7.68. The zero-order chi connectivity index (χ0) is 19.4. The van der Waals surface area contributed by atoms with E-state index in [0.717, 1.165) is 24.1 Å². The molecule has 0 aromatic heterocycles. The normalized spacial score (nSPS) is 22.8. The summed E-state index contributed by atoms with van der Waals surface area (Å²) in [5.74, 6) is -0.975. The molecule has 7 heteroatoms. The summed E-state index contributed by atoms with van der Waals surface area (Å²) in [5, 5.41) is 12.1. The van der Waals surface area contributed by atoms with E-state index in [9.17, 15) is 19.5 Å². The molecule has 2 N–H and O–H groups in total. The Kier molecular flexibility index (Phi) is 5.98. The molecule has 0 spiro atoms. The monoisotopic (exact) mass is 373 g/mol. The Balaban J connectivity index is 1.54. The molecule has 7 nitrogen and oxygen atoms in total. The number of carboxylic acids is 1. The maximum Gasteiger partial charge on any atom is 0.317 e. The van der Waals surface area contributed by atoms with Gasteiger partial charge in [-0.1, -0.05) is 31.2 Å². The van der Waals surface area contributed by atoms with Crippen molar-refractivity contribution in [2.45, 2.75) is 39.3 Å². The Morgan fingerprint density at radius 3 is 2.74 bits per heavy atom. The van der Waals surface area contributed by atoms with E-state index in [0.29, 0.717) is 32.5 Å². The van der Waals surface area contributed by atoms with Gasteiger partial charge in [0.1, 0.15) is 0 Å². The highest BCUT2D eigenvalue weighted by atomic mass is 16.4. The first-order valence-corrected chi connectivity index (χ1v) is 9.53. The van der Waals surface area contributed by atoms with Crippen molar-refractivity contribution in [2.24, 2.45) is 11.8 Å². The Hall–Kier alpha value is -2.57. The highest BCUT2D eigenvalue weighted by Gasteiger charge is 2.31. The van der Waals surface area contributed by atoms with Crippen LogP contribution in [0, 0.1) is 11.8 Å². The van der Waals surface area contributed by atoms with Crippen LogP contribution >= 0.6 is 0 Å². The lowest BCUT2D eigenvalue weighted by molar-refractivity contribution is -0.143. The number of amides is 3. The van der Waals surface area contributed by atoms with Crippen molar-refractivity contribution < 1.29 is 19.5 Å². The number of nitrogens with zero attached hydrogens (tertiary/aromatic N) is 2. The lowest BCUT2D eigenvalue weighted by Crippen LogP contribution is -2.49. The van der Waals surface area contributed by atoms with Crippen molar-refractivity contribution in [3.63, 3.8) is 0 Å². The summed E-state index contributed by atoms with van der Waals surface area (Å²) >= 11 is 0. The number of nitrogens with one attached hydrogen (secondary N) is 1. The molecule has 0 aliphatic carbocycles. The summed E-state index contributed by atoms with van der Waals surface area (Å²) in [6, 6.07) is 7.63. The Morgan fingerprint density at radius 2 is 2.04 bits per heavy atom. The molecule has 27 heavy (non-hydrogen) atoms. The van der Waals surface area contributed by atoms with Crippen LogP contribution in [0.5, 0.6) is 0 Å². The van der Waals surface area contributed by atoms with E-state index < -0.39 is 11.9 Å². The quantitative estimate of drug-likeness (QED) is 0.827. The van der Waals surface area contributed by atoms with Crippen LogP contribution in [0.25, 0.3) is 0 Å². The average molecular weight is 373 g/mol. The number of benzene rings is 1. The summed E-state index contributed by atoms with van der Waals surface area (Å²) in [5.41, 5.74) is 2.02. The molecule has 1 aromatic carbocycles. The number of carboxylic acid groups (broad SMARTS) is 1. The zero-order valence-corrected chi connectivity index (χ0v) is 15.7. The van der Waals surface area contributed by atoms with E-state index in [1.54, 1.807) is 4.90 Å². The van der Waals surface area contributed by atoms with Crippen LogP contribution in [0.1, 0.15) is 37.3 Å². The lowest BCUT2D eigenvalue weighted by atomic mass is 9.91. The van der Waals surface area contributed by atoms with E-state index in [1.807, 2.05) is 36.1 Å². The molecule has 2 aliphatic heterocycles. The van der Waals surface area contributed by atoms with Gasteiger partial charge in [-0.3, -0.25) is 9.59 Å². The number of piperidine rings is 1. The van der Waals surface area contributed by atoms with Crippen molar-refractivity contribution in [1.82, 2.24) is 15.1 Å². The Bertz CT molecular complexity index is 721. The van der Waals surface area contributed by atoms with Gasteiger partial charge in [-0.15, -0.1) is 0 Å². The van der Waals surface area contributed by atoms with Crippen LogP contribution in [-0.4, -0.2) is 52.4 Å². The highest BCUT2D eigenvalue weighted by molar-refractivity contribution is 5.78. The minimum absolute atomic E-state index is 0.173. The predicted molar refractivity (Wildman–Crippen MR) is 99.8 cm³/mol. The average Bonchev–Trinajstić information content (AvgIpc) is 3.04. The zero-order valence-electron chi connectivity index (χ0n) is 15.7. The minimum Gasteiger partial charge on any atom is -0.481 e. The van der Waals surface area contributed by atoms with Crippen molar-refractivity contribution in [3.8, 4) is 0 Å². The van der Waals surface area contributed by atoms with E-state index in [4.69, 9.17) is 0 Å². The Morgan fingerprint density at radius 1 is 1.26 bits per heavy atom. The first kappa shape index (κ1) is 19.2. The van der Waals surface area contributed by atoms with Crippen LogP contribution in [-0.2, 0) is 22.7 Å². The van der Waals surface area contributed by atoms with Gasteiger partial charge in [0.2, 0.25) is 5.91 Å². The molecule has 2 saturated heterocycles. The number of hydrogen-bond acceptors (Lipinski definition) is 3. The molecular formula is C20H27N3O4. The van der Waals surface area contributed by atoms with E-state index in [-0.39, 0.29) is 24.4 Å². The molecule has 2 heterocycles. The number of aliphatic carboxylic acids is 1. The first-order chi connectivity index (χ1) is 12.9. The second kappa shape index (κ2) is 8.41. The minimum atomic E-state index is -0.844. The van der Waals surface area contributed by atoms with Crippen LogP contribution in [0.4, 0.5) is 4.79 Å². The molecule has 0 bridgehead atoms. The standard InChI is InChI=1S/C20H27N3O4/c1-14-8-17(19(25)26)13-23(11-14)20(27)21-10-15-4-2-5-16(9-15)12-22-7-3-6-18(22)24/h2,4-5,9,14,17H,3,6-8,10-13H2,1H3,(H,21,27)(H,25,26). The third-order valence-corrected chi connectivity index (χ3v) is 5.28. The second-order valence-electron chi connectivity index (χ2n) is 7.68. The molecular weight excluding hydrogens is 346 g/mol. The third-order valence-electron chi connectivity index (χ3n) is 5.28. The highest BCUT2D eigenvalue weighted by Crippen LogP contribution is 2.22. The van der Waals surface area contributed by atoms with Gasteiger partial charge >= 0.3 is 12.0 Å². The fourth-order valence-electron chi connectivity index (χ4n) is 3.92. The van der Waals surface area contributed by atoms with Gasteiger partial charge in [-0.05, 0) is 29.9 Å². The van der Waals surface area contributed by atoms with E-state index in [1.165, 1.54) is 0 Å². The molecule has 2 atom stereocenters. The number of hydrogen-bond donors (Lipinski definition) is 2. The predicted octanol–water partition coefficient (Wildman–Crippen LogP) is 2.06. The molecule has 3 rings (SSSR count). The number of likely N-dealkylation sites (tertiary alicyclic amines) is 2. The molecule has 0 saturated carbocycles. The van der Waals surface area contributed by atoms with E-state index >= 15 is 0 Å². The first-order valence-electron chi connectivity index (χ1n) is 9.53. The van der Waals surface area contributed by atoms with Gasteiger partial charge in [0.05, 0.1) is 5.92 Å². The lowest BCUT2D eigenvalue weighted by Gasteiger charge is -2.34. The molecule has 0 radical (unpaired) electrons. The van der Waals surface area contributed by atoms with Gasteiger partial charge in [0.15, 0.2) is 0 Å². The maximum atomic E-state index is 12.5. The maximum absolute atomic E-state index is 12.5.